The second-order valence-electron chi connectivity index (χ2n) is 5.14. The average molecular weight is 474 g/mol. The Hall–Kier alpha value is -1.10. The van der Waals surface area contributed by atoms with E-state index in [2.05, 4.69) is 5.10 Å². The van der Waals surface area contributed by atoms with E-state index in [0.717, 1.165) is 6.42 Å². The van der Waals surface area contributed by atoms with Crippen LogP contribution in [0, 0.1) is 21.0 Å². The molecule has 134 valence electrons. The number of aromatic nitrogens is 2. The van der Waals surface area contributed by atoms with Crippen LogP contribution in [0.3, 0.4) is 0 Å². The number of halogens is 4. The van der Waals surface area contributed by atoms with Crippen molar-refractivity contribution < 1.29 is 21.6 Å². The molecule has 0 saturated heterocycles. The van der Waals surface area contributed by atoms with Crippen molar-refractivity contribution in [3.05, 3.63) is 48.9 Å². The minimum atomic E-state index is -5.29. The van der Waals surface area contributed by atoms with E-state index >= 15 is 0 Å². The van der Waals surface area contributed by atoms with Crippen molar-refractivity contribution in [2.24, 2.45) is 0 Å². The minimum absolute atomic E-state index is 0.237. The molecule has 0 radical (unpaired) electrons. The van der Waals surface area contributed by atoms with Crippen molar-refractivity contribution in [3.8, 4) is 0 Å². The number of alkyl halides is 3. The Labute approximate surface area is 144 Å². The van der Waals surface area contributed by atoms with E-state index in [-0.39, 0.29) is 7.14 Å². The van der Waals surface area contributed by atoms with Gasteiger partial charge in [0.1, 0.15) is 0 Å². The predicted molar refractivity (Wildman–Crippen MR) is 94.8 cm³/mol. The number of aryl methyl sites for hydroxylation is 2. The van der Waals surface area contributed by atoms with Crippen LogP contribution in [0.25, 0.3) is 0 Å². The van der Waals surface area contributed by atoms with Crippen LogP contribution >= 0.6 is 18.4 Å². The van der Waals surface area contributed by atoms with Gasteiger partial charge in [0.15, 0.2) is 0 Å². The number of hydrogen-bond donors (Lipinski definition) is 0. The SMILES string of the molecule is CCCn1nc(C)c(I(c2ccccc2)S(=O)(=O)C(F)(F)F)c1C. The van der Waals surface area contributed by atoms with E-state index < -0.39 is 31.0 Å². The molecule has 0 unspecified atom stereocenters. The Morgan fingerprint density at radius 3 is 2.25 bits per heavy atom. The number of hydrogen-bond acceptors (Lipinski definition) is 3. The first-order chi connectivity index (χ1) is 11.1. The molecule has 0 N–H and O–H groups in total. The molecule has 0 atom stereocenters. The first-order valence-electron chi connectivity index (χ1n) is 7.22. The van der Waals surface area contributed by atoms with Crippen molar-refractivity contribution in [2.45, 2.75) is 39.2 Å². The van der Waals surface area contributed by atoms with Gasteiger partial charge in [-0.25, -0.2) is 0 Å². The Morgan fingerprint density at radius 2 is 1.75 bits per heavy atom. The summed E-state index contributed by atoms with van der Waals surface area (Å²) < 4.78 is 66.7. The Balaban J connectivity index is 2.75. The van der Waals surface area contributed by atoms with Gasteiger partial charge >= 0.3 is 145 Å². The van der Waals surface area contributed by atoms with Crippen LogP contribution in [-0.2, 0) is 13.6 Å². The van der Waals surface area contributed by atoms with E-state index in [9.17, 15) is 21.6 Å². The van der Waals surface area contributed by atoms with Crippen LogP contribution in [0.5, 0.6) is 0 Å². The summed E-state index contributed by atoms with van der Waals surface area (Å²) in [5.41, 5.74) is -4.40. The molecule has 0 aliphatic rings. The zero-order valence-corrected chi connectivity index (χ0v) is 16.4. The molecule has 0 aliphatic carbocycles. The summed E-state index contributed by atoms with van der Waals surface area (Å²) in [7, 11) is -5.29. The number of benzene rings is 1. The van der Waals surface area contributed by atoms with Crippen molar-refractivity contribution in [1.82, 2.24) is 9.78 Å². The Morgan fingerprint density at radius 1 is 1.17 bits per heavy atom. The van der Waals surface area contributed by atoms with Gasteiger partial charge in [0, 0.05) is 0 Å². The van der Waals surface area contributed by atoms with Gasteiger partial charge in [0.05, 0.1) is 0 Å². The summed E-state index contributed by atoms with van der Waals surface area (Å²) in [6.07, 6.45) is 0.757. The van der Waals surface area contributed by atoms with E-state index in [1.165, 1.54) is 12.1 Å². The van der Waals surface area contributed by atoms with Gasteiger partial charge in [0.2, 0.25) is 0 Å². The summed E-state index contributed by atoms with van der Waals surface area (Å²) in [4.78, 5) is 0. The van der Waals surface area contributed by atoms with Gasteiger partial charge in [-0.2, -0.15) is 0 Å². The molecule has 0 aliphatic heterocycles. The zero-order valence-electron chi connectivity index (χ0n) is 13.4. The number of nitrogens with zero attached hydrogens (tertiary/aromatic N) is 2. The Bertz CT molecular complexity index is 817. The standard InChI is InChI=1S/C15H18F3IN2O2S/c1-4-10-21-12(3)14(11(2)20-21)19(13-8-6-5-7-9-13)24(22,23)15(16,17)18/h5-9H,4,10H2,1-3H3. The van der Waals surface area contributed by atoms with Gasteiger partial charge in [0.25, 0.3) is 0 Å². The first-order valence-corrected chi connectivity index (χ1v) is 13.4. The van der Waals surface area contributed by atoms with Crippen LogP contribution in [0.1, 0.15) is 24.7 Å². The predicted octanol–water partition coefficient (Wildman–Crippen LogP) is 4.31. The molecule has 0 bridgehead atoms. The molecule has 9 heteroatoms. The third-order valence-corrected chi connectivity index (χ3v) is 15.9. The van der Waals surface area contributed by atoms with Crippen LogP contribution in [0.2, 0.25) is 0 Å². The fraction of sp³-hybridized carbons (Fsp3) is 0.400. The molecule has 1 aromatic heterocycles. The first kappa shape index (κ1) is 19.2. The van der Waals surface area contributed by atoms with Crippen molar-refractivity contribution in [2.75, 3.05) is 0 Å². The molecule has 0 amide bonds. The van der Waals surface area contributed by atoms with Crippen molar-refractivity contribution >= 4 is 25.4 Å². The van der Waals surface area contributed by atoms with E-state index in [4.69, 9.17) is 0 Å². The van der Waals surface area contributed by atoms with Crippen LogP contribution in [0.4, 0.5) is 13.2 Å². The molecule has 0 saturated carbocycles. The summed E-state index contributed by atoms with van der Waals surface area (Å²) in [6, 6.07) is 7.70. The van der Waals surface area contributed by atoms with Gasteiger partial charge in [-0.15, -0.1) is 0 Å². The van der Waals surface area contributed by atoms with Crippen LogP contribution < -0.4 is 0 Å². The summed E-state index contributed by atoms with van der Waals surface area (Å²) >= 11 is -3.83. The molecule has 0 spiro atoms. The van der Waals surface area contributed by atoms with E-state index in [1.807, 2.05) is 6.92 Å². The molecule has 4 nitrogen and oxygen atoms in total. The molecule has 1 heterocycles. The number of rotatable bonds is 5. The molecular formula is C15H18F3IN2O2S. The van der Waals surface area contributed by atoms with Crippen LogP contribution in [0.15, 0.2) is 30.3 Å². The van der Waals surface area contributed by atoms with Gasteiger partial charge in [-0.1, -0.05) is 0 Å². The normalized spacial score (nSPS) is 13.2. The molecule has 2 aromatic rings. The van der Waals surface area contributed by atoms with Crippen molar-refractivity contribution in [1.29, 1.82) is 0 Å². The molecule has 24 heavy (non-hydrogen) atoms. The molecule has 0 fully saturated rings. The summed E-state index contributed by atoms with van der Waals surface area (Å²) in [6.45, 7) is 5.69. The molecule has 2 rings (SSSR count). The van der Waals surface area contributed by atoms with Gasteiger partial charge in [-0.05, 0) is 0 Å². The maximum absolute atomic E-state index is 13.3. The summed E-state index contributed by atoms with van der Waals surface area (Å²) in [5, 5.41) is 4.27. The topological polar surface area (TPSA) is 52.0 Å². The zero-order chi connectivity index (χ0) is 18.1. The van der Waals surface area contributed by atoms with Gasteiger partial charge < -0.3 is 0 Å². The van der Waals surface area contributed by atoms with Crippen molar-refractivity contribution in [3.63, 3.8) is 0 Å². The van der Waals surface area contributed by atoms with E-state index in [0.29, 0.717) is 17.9 Å². The Kier molecular flexibility index (Phi) is 5.63. The fourth-order valence-corrected chi connectivity index (χ4v) is 13.8. The summed E-state index contributed by atoms with van der Waals surface area (Å²) in [5.74, 6) is 0. The maximum atomic E-state index is 13.3. The second-order valence-corrected chi connectivity index (χ2v) is 15.8. The average Bonchev–Trinajstić information content (AvgIpc) is 2.76. The third kappa shape index (κ3) is 3.46. The van der Waals surface area contributed by atoms with Gasteiger partial charge in [-0.3, -0.25) is 0 Å². The van der Waals surface area contributed by atoms with Crippen LogP contribution in [-0.4, -0.2) is 23.7 Å². The van der Waals surface area contributed by atoms with E-state index in [1.54, 1.807) is 36.7 Å². The third-order valence-electron chi connectivity index (χ3n) is 3.31. The second kappa shape index (κ2) is 7.03. The molecule has 1 aromatic carbocycles. The fourth-order valence-electron chi connectivity index (χ4n) is 2.30. The monoisotopic (exact) mass is 474 g/mol. The quantitative estimate of drug-likeness (QED) is 0.480. The molecular weight excluding hydrogens is 456 g/mol.